The maximum atomic E-state index is 5.21. The molecule has 3 heteroatoms. The summed E-state index contributed by atoms with van der Waals surface area (Å²) in [6.07, 6.45) is 0. The molecule has 0 fully saturated rings. The van der Waals surface area contributed by atoms with Gasteiger partial charge in [-0.2, -0.15) is 0 Å². The van der Waals surface area contributed by atoms with Gasteiger partial charge in [-0.1, -0.05) is 32.0 Å². The van der Waals surface area contributed by atoms with Gasteiger partial charge in [0.2, 0.25) is 0 Å². The van der Waals surface area contributed by atoms with Gasteiger partial charge in [0.25, 0.3) is 0 Å². The van der Waals surface area contributed by atoms with Crippen molar-refractivity contribution in [3.63, 3.8) is 0 Å². The number of nitrogens with one attached hydrogen (secondary N) is 2. The zero-order chi connectivity index (χ0) is 11.3. The van der Waals surface area contributed by atoms with E-state index in [4.69, 9.17) is 12.2 Å². The highest BCUT2D eigenvalue weighted by Gasteiger charge is 2.07. The number of anilines is 1. The van der Waals surface area contributed by atoms with E-state index in [0.717, 1.165) is 5.69 Å². The molecule has 1 aromatic rings. The largest absolute Gasteiger partial charge is 0.360 e. The maximum Gasteiger partial charge on any atom is 0.170 e. The van der Waals surface area contributed by atoms with Gasteiger partial charge in [0, 0.05) is 11.7 Å². The lowest BCUT2D eigenvalue weighted by Crippen LogP contribution is -2.38. The van der Waals surface area contributed by atoms with Crippen molar-refractivity contribution in [3.05, 3.63) is 30.3 Å². The van der Waals surface area contributed by atoms with E-state index in [9.17, 15) is 0 Å². The predicted molar refractivity (Wildman–Crippen MR) is 70.1 cm³/mol. The number of hydrogen-bond donors (Lipinski definition) is 2. The van der Waals surface area contributed by atoms with E-state index in [1.54, 1.807) is 0 Å². The van der Waals surface area contributed by atoms with Crippen LogP contribution in [0.15, 0.2) is 30.3 Å². The second kappa shape index (κ2) is 5.71. The van der Waals surface area contributed by atoms with E-state index in [1.165, 1.54) is 0 Å². The van der Waals surface area contributed by atoms with Gasteiger partial charge >= 0.3 is 0 Å². The number of hydrogen-bond acceptors (Lipinski definition) is 1. The second-order valence-corrected chi connectivity index (χ2v) is 4.41. The molecule has 0 aromatic heterocycles. The Morgan fingerprint density at radius 2 is 1.73 bits per heavy atom. The van der Waals surface area contributed by atoms with Crippen molar-refractivity contribution < 1.29 is 0 Å². The molecule has 0 unspecified atom stereocenters. The number of para-hydroxylation sites is 1. The summed E-state index contributed by atoms with van der Waals surface area (Å²) in [4.78, 5) is 0. The van der Waals surface area contributed by atoms with E-state index in [-0.39, 0.29) is 0 Å². The summed E-state index contributed by atoms with van der Waals surface area (Å²) in [7, 11) is 0. The first kappa shape index (κ1) is 12.0. The average Bonchev–Trinajstić information content (AvgIpc) is 2.18. The maximum absolute atomic E-state index is 5.21. The summed E-state index contributed by atoms with van der Waals surface area (Å²) >= 11 is 5.21. The molecule has 0 radical (unpaired) electrons. The fourth-order valence-corrected chi connectivity index (χ4v) is 1.37. The molecule has 0 saturated heterocycles. The Morgan fingerprint density at radius 1 is 1.13 bits per heavy atom. The van der Waals surface area contributed by atoms with Crippen molar-refractivity contribution >= 4 is 23.0 Å². The van der Waals surface area contributed by atoms with Crippen LogP contribution < -0.4 is 10.6 Å². The van der Waals surface area contributed by atoms with Gasteiger partial charge in [-0.05, 0) is 37.2 Å². The monoisotopic (exact) mass is 222 g/mol. The van der Waals surface area contributed by atoms with Crippen LogP contribution in [0.2, 0.25) is 0 Å². The Hall–Kier alpha value is -1.09. The molecule has 2 nitrogen and oxygen atoms in total. The topological polar surface area (TPSA) is 24.1 Å². The Kier molecular flexibility index (Phi) is 4.56. The third-order valence-electron chi connectivity index (χ3n) is 2.39. The minimum absolute atomic E-state index is 0.383. The van der Waals surface area contributed by atoms with Gasteiger partial charge in [-0.25, -0.2) is 0 Å². The quantitative estimate of drug-likeness (QED) is 0.769. The van der Waals surface area contributed by atoms with Gasteiger partial charge in [0.1, 0.15) is 0 Å². The fourth-order valence-electron chi connectivity index (χ4n) is 1.06. The molecule has 0 aliphatic carbocycles. The Morgan fingerprint density at radius 3 is 2.27 bits per heavy atom. The number of thiocarbonyl (C=S) groups is 1. The first-order valence-electron chi connectivity index (χ1n) is 5.22. The first-order chi connectivity index (χ1) is 7.09. The standard InChI is InChI=1S/C12H18N2S/c1-9(2)10(3)13-12(15)14-11-7-5-4-6-8-11/h4-10H,1-3H3,(H2,13,14,15)/t10-/m0/s1. The summed E-state index contributed by atoms with van der Waals surface area (Å²) < 4.78 is 0. The molecule has 82 valence electrons. The van der Waals surface area contributed by atoms with E-state index in [0.29, 0.717) is 17.1 Å². The van der Waals surface area contributed by atoms with Crippen LogP contribution in [0.3, 0.4) is 0 Å². The molecule has 0 aliphatic rings. The zero-order valence-corrected chi connectivity index (χ0v) is 10.3. The van der Waals surface area contributed by atoms with Crippen LogP contribution in [0.1, 0.15) is 20.8 Å². The molecule has 1 rings (SSSR count). The van der Waals surface area contributed by atoms with Crippen LogP contribution in [-0.4, -0.2) is 11.2 Å². The molecule has 0 amide bonds. The van der Waals surface area contributed by atoms with Crippen LogP contribution in [0.5, 0.6) is 0 Å². The SMILES string of the molecule is CC(C)[C@H](C)NC(=S)Nc1ccccc1. The summed E-state index contributed by atoms with van der Waals surface area (Å²) in [6, 6.07) is 10.3. The van der Waals surface area contributed by atoms with Crippen LogP contribution >= 0.6 is 12.2 Å². The van der Waals surface area contributed by atoms with Gasteiger partial charge in [0.15, 0.2) is 5.11 Å². The minimum atomic E-state index is 0.383. The minimum Gasteiger partial charge on any atom is -0.360 e. The lowest BCUT2D eigenvalue weighted by atomic mass is 10.1. The Bertz CT molecular complexity index is 309. The van der Waals surface area contributed by atoms with Crippen molar-refractivity contribution in [2.45, 2.75) is 26.8 Å². The molecular formula is C12H18N2S. The molecule has 0 aliphatic heterocycles. The Balaban J connectivity index is 2.43. The highest BCUT2D eigenvalue weighted by atomic mass is 32.1. The lowest BCUT2D eigenvalue weighted by molar-refractivity contribution is 0.489. The Labute approximate surface area is 97.1 Å². The summed E-state index contributed by atoms with van der Waals surface area (Å²) in [6.45, 7) is 6.47. The molecule has 0 heterocycles. The van der Waals surface area contributed by atoms with Crippen molar-refractivity contribution in [2.75, 3.05) is 5.32 Å². The molecule has 2 N–H and O–H groups in total. The molecule has 15 heavy (non-hydrogen) atoms. The summed E-state index contributed by atoms with van der Waals surface area (Å²) in [5, 5.41) is 7.08. The van der Waals surface area contributed by atoms with E-state index >= 15 is 0 Å². The molecule has 0 saturated carbocycles. The average molecular weight is 222 g/mol. The van der Waals surface area contributed by atoms with Crippen LogP contribution in [0, 0.1) is 5.92 Å². The number of benzene rings is 1. The van der Waals surface area contributed by atoms with Gasteiger partial charge in [-0.15, -0.1) is 0 Å². The highest BCUT2D eigenvalue weighted by molar-refractivity contribution is 7.80. The zero-order valence-electron chi connectivity index (χ0n) is 9.45. The van der Waals surface area contributed by atoms with E-state index in [2.05, 4.69) is 31.4 Å². The van der Waals surface area contributed by atoms with Gasteiger partial charge in [-0.3, -0.25) is 0 Å². The first-order valence-corrected chi connectivity index (χ1v) is 5.63. The lowest BCUT2D eigenvalue weighted by Gasteiger charge is -2.19. The summed E-state index contributed by atoms with van der Waals surface area (Å²) in [5.41, 5.74) is 1.02. The van der Waals surface area contributed by atoms with Crippen LogP contribution in [0.25, 0.3) is 0 Å². The van der Waals surface area contributed by atoms with Crippen molar-refractivity contribution in [2.24, 2.45) is 5.92 Å². The van der Waals surface area contributed by atoms with Crippen LogP contribution in [0.4, 0.5) is 5.69 Å². The predicted octanol–water partition coefficient (Wildman–Crippen LogP) is 3.02. The van der Waals surface area contributed by atoms with Crippen molar-refractivity contribution in [3.8, 4) is 0 Å². The third kappa shape index (κ3) is 4.30. The molecule has 1 atom stereocenters. The van der Waals surface area contributed by atoms with E-state index < -0.39 is 0 Å². The highest BCUT2D eigenvalue weighted by Crippen LogP contribution is 2.05. The fraction of sp³-hybridized carbons (Fsp3) is 0.417. The van der Waals surface area contributed by atoms with Gasteiger partial charge < -0.3 is 10.6 Å². The van der Waals surface area contributed by atoms with Crippen molar-refractivity contribution in [1.82, 2.24) is 5.32 Å². The second-order valence-electron chi connectivity index (χ2n) is 4.00. The van der Waals surface area contributed by atoms with Crippen LogP contribution in [-0.2, 0) is 0 Å². The molecule has 1 aromatic carbocycles. The normalized spacial score (nSPS) is 12.3. The van der Waals surface area contributed by atoms with Crippen molar-refractivity contribution in [1.29, 1.82) is 0 Å². The molecular weight excluding hydrogens is 204 g/mol. The number of rotatable bonds is 3. The van der Waals surface area contributed by atoms with Gasteiger partial charge in [0.05, 0.1) is 0 Å². The summed E-state index contributed by atoms with van der Waals surface area (Å²) in [5.74, 6) is 0.570. The third-order valence-corrected chi connectivity index (χ3v) is 2.61. The molecule has 0 spiro atoms. The van der Waals surface area contributed by atoms with E-state index in [1.807, 2.05) is 30.3 Å². The molecule has 0 bridgehead atoms. The smallest absolute Gasteiger partial charge is 0.170 e.